The molecular formula is C49H30N2S2. The Kier molecular flexibility index (Phi) is 6.05. The lowest BCUT2D eigenvalue weighted by molar-refractivity contribution is 1.19. The highest BCUT2D eigenvalue weighted by Gasteiger charge is 2.16. The Morgan fingerprint density at radius 2 is 0.717 bits per heavy atom. The molecule has 248 valence electrons. The summed E-state index contributed by atoms with van der Waals surface area (Å²) in [5, 5.41) is 10.4. The number of rotatable bonds is 3. The van der Waals surface area contributed by atoms with Gasteiger partial charge in [0, 0.05) is 73.3 Å². The fraction of sp³-hybridized carbons (Fsp3) is 0.0204. The second-order valence-corrected chi connectivity index (χ2v) is 16.4. The van der Waals surface area contributed by atoms with Crippen LogP contribution in [-0.4, -0.2) is 9.13 Å². The van der Waals surface area contributed by atoms with Gasteiger partial charge in [0.2, 0.25) is 0 Å². The quantitative estimate of drug-likeness (QED) is 0.173. The van der Waals surface area contributed by atoms with E-state index in [0.717, 1.165) is 0 Å². The molecule has 0 atom stereocenters. The van der Waals surface area contributed by atoms with Gasteiger partial charge in [-0.1, -0.05) is 78.4 Å². The Labute approximate surface area is 313 Å². The molecule has 0 saturated heterocycles. The predicted octanol–water partition coefficient (Wildman–Crippen LogP) is 14.6. The molecule has 2 nitrogen and oxygen atoms in total. The minimum absolute atomic E-state index is 1.19. The molecule has 0 aliphatic rings. The van der Waals surface area contributed by atoms with Crippen LogP contribution < -0.4 is 0 Å². The second kappa shape index (κ2) is 10.9. The zero-order valence-electron chi connectivity index (χ0n) is 28.8. The van der Waals surface area contributed by atoms with E-state index in [2.05, 4.69) is 180 Å². The van der Waals surface area contributed by atoms with Gasteiger partial charge in [0.1, 0.15) is 0 Å². The Morgan fingerprint density at radius 1 is 0.321 bits per heavy atom. The fourth-order valence-electron chi connectivity index (χ4n) is 8.73. The molecule has 4 heterocycles. The van der Waals surface area contributed by atoms with Crippen LogP contribution in [0.3, 0.4) is 0 Å². The lowest BCUT2D eigenvalue weighted by atomic mass is 10.0. The van der Waals surface area contributed by atoms with Gasteiger partial charge < -0.3 is 9.13 Å². The van der Waals surface area contributed by atoms with Gasteiger partial charge in [0.15, 0.2) is 0 Å². The number of hydrogen-bond acceptors (Lipinski definition) is 2. The van der Waals surface area contributed by atoms with E-state index in [-0.39, 0.29) is 0 Å². The zero-order chi connectivity index (χ0) is 34.8. The number of benzene rings is 8. The molecule has 0 amide bonds. The molecule has 0 unspecified atom stereocenters. The molecule has 4 aromatic heterocycles. The van der Waals surface area contributed by atoms with E-state index in [1.54, 1.807) is 0 Å². The molecule has 8 aromatic carbocycles. The van der Waals surface area contributed by atoms with Crippen molar-refractivity contribution in [3.05, 3.63) is 169 Å². The molecule has 12 rings (SSSR count). The van der Waals surface area contributed by atoms with Crippen LogP contribution in [-0.2, 0) is 0 Å². The van der Waals surface area contributed by atoms with E-state index in [4.69, 9.17) is 0 Å². The minimum Gasteiger partial charge on any atom is -0.309 e. The van der Waals surface area contributed by atoms with Gasteiger partial charge in [-0.15, -0.1) is 22.7 Å². The molecule has 53 heavy (non-hydrogen) atoms. The molecule has 4 heteroatoms. The Balaban J connectivity index is 1.01. The summed E-state index contributed by atoms with van der Waals surface area (Å²) < 4.78 is 10.1. The molecular weight excluding hydrogens is 681 g/mol. The predicted molar refractivity (Wildman–Crippen MR) is 231 cm³/mol. The van der Waals surface area contributed by atoms with Crippen LogP contribution in [0.4, 0.5) is 0 Å². The van der Waals surface area contributed by atoms with E-state index < -0.39 is 0 Å². The van der Waals surface area contributed by atoms with Crippen LogP contribution in [0, 0.1) is 6.92 Å². The first kappa shape index (κ1) is 29.4. The van der Waals surface area contributed by atoms with Crippen LogP contribution in [0.15, 0.2) is 164 Å². The topological polar surface area (TPSA) is 9.86 Å². The Hall–Kier alpha value is -6.20. The summed E-state index contributed by atoms with van der Waals surface area (Å²) in [6.07, 6.45) is 0. The van der Waals surface area contributed by atoms with Crippen LogP contribution in [0.5, 0.6) is 0 Å². The number of aryl methyl sites for hydroxylation is 1. The molecule has 0 bridgehead atoms. The SMILES string of the molecule is Cc1ccc2c(c1)c1ccccc1n2-c1ccc2sc3ccc(-c4ccc5sc6ccc(-n7c8ccccc8c8ccccc87)cc6c5c4)cc3c2c1. The van der Waals surface area contributed by atoms with Gasteiger partial charge in [-0.25, -0.2) is 0 Å². The van der Waals surface area contributed by atoms with Crippen molar-refractivity contribution >= 4 is 107 Å². The monoisotopic (exact) mass is 710 g/mol. The van der Waals surface area contributed by atoms with Crippen molar-refractivity contribution in [3.63, 3.8) is 0 Å². The largest absolute Gasteiger partial charge is 0.309 e. The number of aromatic nitrogens is 2. The van der Waals surface area contributed by atoms with Gasteiger partial charge in [-0.05, 0) is 109 Å². The first-order chi connectivity index (χ1) is 26.2. The first-order valence-electron chi connectivity index (χ1n) is 18.1. The van der Waals surface area contributed by atoms with Crippen LogP contribution in [0.25, 0.3) is 106 Å². The summed E-state index contributed by atoms with van der Waals surface area (Å²) in [6.45, 7) is 2.18. The lowest BCUT2D eigenvalue weighted by Gasteiger charge is -2.09. The number of thiophene rings is 2. The molecule has 0 radical (unpaired) electrons. The normalized spacial score (nSPS) is 12.2. The summed E-state index contributed by atoms with van der Waals surface area (Å²) >= 11 is 3.76. The number of nitrogens with zero attached hydrogens (tertiary/aromatic N) is 2. The average molecular weight is 711 g/mol. The molecule has 12 aromatic rings. The third-order valence-electron chi connectivity index (χ3n) is 11.2. The third kappa shape index (κ3) is 4.25. The van der Waals surface area contributed by atoms with E-state index in [1.807, 2.05) is 22.7 Å². The highest BCUT2D eigenvalue weighted by Crippen LogP contribution is 2.42. The maximum Gasteiger partial charge on any atom is 0.0541 e. The molecule has 0 spiro atoms. The number of fused-ring (bicyclic) bond motifs is 12. The molecule has 0 aliphatic carbocycles. The summed E-state index contributed by atoms with van der Waals surface area (Å²) in [5.74, 6) is 0. The van der Waals surface area contributed by atoms with Gasteiger partial charge in [-0.3, -0.25) is 0 Å². The Morgan fingerprint density at radius 3 is 1.21 bits per heavy atom. The van der Waals surface area contributed by atoms with E-state index in [0.29, 0.717) is 0 Å². The second-order valence-electron chi connectivity index (χ2n) is 14.2. The van der Waals surface area contributed by atoms with Crippen molar-refractivity contribution in [3.8, 4) is 22.5 Å². The zero-order valence-corrected chi connectivity index (χ0v) is 30.4. The standard InChI is InChI=1S/C49H30N2S2/c1-29-14-19-45-37(24-29)36-10-4-7-13-44(36)51(45)33-18-23-49-41(28-33)39-26-31(16-21-47(39)53-49)30-15-20-46-38(25-30)40-27-32(17-22-48(40)52-46)50-42-11-5-2-8-34(42)35-9-3-6-12-43(35)50/h2-28H,1H3. The Bertz CT molecular complexity index is 3430. The van der Waals surface area contributed by atoms with Crippen molar-refractivity contribution in [2.24, 2.45) is 0 Å². The highest BCUT2D eigenvalue weighted by molar-refractivity contribution is 7.26. The van der Waals surface area contributed by atoms with Crippen molar-refractivity contribution < 1.29 is 0 Å². The van der Waals surface area contributed by atoms with Gasteiger partial charge in [0.25, 0.3) is 0 Å². The van der Waals surface area contributed by atoms with E-state index in [1.165, 1.54) is 112 Å². The van der Waals surface area contributed by atoms with Crippen molar-refractivity contribution in [1.82, 2.24) is 9.13 Å². The van der Waals surface area contributed by atoms with Crippen LogP contribution >= 0.6 is 22.7 Å². The van der Waals surface area contributed by atoms with Crippen molar-refractivity contribution in [2.45, 2.75) is 6.92 Å². The number of para-hydroxylation sites is 3. The maximum atomic E-state index is 2.43. The smallest absolute Gasteiger partial charge is 0.0541 e. The van der Waals surface area contributed by atoms with Crippen LogP contribution in [0.1, 0.15) is 5.56 Å². The van der Waals surface area contributed by atoms with Crippen molar-refractivity contribution in [1.29, 1.82) is 0 Å². The molecule has 0 saturated carbocycles. The van der Waals surface area contributed by atoms with Gasteiger partial charge >= 0.3 is 0 Å². The summed E-state index contributed by atoms with van der Waals surface area (Å²) in [6, 6.07) is 61.1. The van der Waals surface area contributed by atoms with Crippen molar-refractivity contribution in [2.75, 3.05) is 0 Å². The summed E-state index contributed by atoms with van der Waals surface area (Å²) in [4.78, 5) is 0. The van der Waals surface area contributed by atoms with E-state index in [9.17, 15) is 0 Å². The summed E-state index contributed by atoms with van der Waals surface area (Å²) in [5.41, 5.74) is 11.1. The van der Waals surface area contributed by atoms with E-state index >= 15 is 0 Å². The first-order valence-corrected chi connectivity index (χ1v) is 19.7. The van der Waals surface area contributed by atoms with Gasteiger partial charge in [0.05, 0.1) is 22.1 Å². The molecule has 0 aliphatic heterocycles. The third-order valence-corrected chi connectivity index (χ3v) is 13.5. The average Bonchev–Trinajstić information content (AvgIpc) is 3.94. The maximum absolute atomic E-state index is 2.43. The molecule has 0 N–H and O–H groups in total. The summed E-state index contributed by atoms with van der Waals surface area (Å²) in [7, 11) is 0. The fourth-order valence-corrected chi connectivity index (χ4v) is 10.9. The molecule has 0 fully saturated rings. The lowest BCUT2D eigenvalue weighted by Crippen LogP contribution is -1.93. The number of hydrogen-bond donors (Lipinski definition) is 0. The van der Waals surface area contributed by atoms with Gasteiger partial charge in [-0.2, -0.15) is 0 Å². The van der Waals surface area contributed by atoms with Crippen LogP contribution in [0.2, 0.25) is 0 Å². The highest BCUT2D eigenvalue weighted by atomic mass is 32.1. The minimum atomic E-state index is 1.19.